The lowest BCUT2D eigenvalue weighted by molar-refractivity contribution is -0.143. The van der Waals surface area contributed by atoms with Gasteiger partial charge in [-0.1, -0.05) is 58.0 Å². The highest BCUT2D eigenvalue weighted by Crippen LogP contribution is 2.14. The maximum absolute atomic E-state index is 13.6. The van der Waals surface area contributed by atoms with Crippen LogP contribution in [0.3, 0.4) is 0 Å². The molecule has 1 fully saturated rings. The first-order valence-corrected chi connectivity index (χ1v) is 16.1. The number of nitrogens with zero attached hydrogens (tertiary/aromatic N) is 1. The number of aryl methyl sites for hydroxylation is 1. The van der Waals surface area contributed by atoms with E-state index in [1.54, 1.807) is 0 Å². The Balaban J connectivity index is 2.09. The zero-order chi connectivity index (χ0) is 34.3. The van der Waals surface area contributed by atoms with Gasteiger partial charge >= 0.3 is 0 Å². The molecule has 6 N–H and O–H groups in total. The number of carbonyl (C=O) groups excluding carboxylic acids is 5. The van der Waals surface area contributed by atoms with Crippen molar-refractivity contribution in [3.63, 3.8) is 0 Å². The Hall–Kier alpha value is -3.39. The van der Waals surface area contributed by atoms with Crippen LogP contribution in [0.4, 0.5) is 0 Å². The van der Waals surface area contributed by atoms with E-state index in [1.807, 2.05) is 62.9 Å². The minimum atomic E-state index is -2.03. The molecule has 46 heavy (non-hydrogen) atoms. The van der Waals surface area contributed by atoms with E-state index < -0.39 is 60.4 Å². The predicted molar refractivity (Wildman–Crippen MR) is 172 cm³/mol. The molecule has 13 heteroatoms. The van der Waals surface area contributed by atoms with Gasteiger partial charge in [0.25, 0.3) is 0 Å². The third-order valence-electron chi connectivity index (χ3n) is 7.65. The number of benzene rings is 1. The van der Waals surface area contributed by atoms with Gasteiger partial charge in [0, 0.05) is 13.1 Å². The number of hydrogen-bond donors (Lipinski definition) is 6. The van der Waals surface area contributed by atoms with Crippen molar-refractivity contribution in [1.29, 1.82) is 0 Å². The van der Waals surface area contributed by atoms with Crippen molar-refractivity contribution in [2.24, 2.45) is 11.8 Å². The molecular weight excluding hydrogens is 594 g/mol. The number of carbonyl (C=O) groups is 5. The highest BCUT2D eigenvalue weighted by Gasteiger charge is 2.36. The van der Waals surface area contributed by atoms with Gasteiger partial charge in [-0.3, -0.25) is 28.9 Å². The van der Waals surface area contributed by atoms with E-state index in [0.717, 1.165) is 5.56 Å². The van der Waals surface area contributed by atoms with Gasteiger partial charge in [0.1, 0.15) is 17.7 Å². The quantitative estimate of drug-likeness (QED) is 0.120. The number of ketones is 1. The summed E-state index contributed by atoms with van der Waals surface area (Å²) in [7, 11) is 0. The number of amides is 4. The molecule has 258 valence electrons. The number of ether oxygens (including phenoxy) is 1. The number of morpholine rings is 1. The summed E-state index contributed by atoms with van der Waals surface area (Å²) in [5.41, 5.74) is -1.03. The van der Waals surface area contributed by atoms with Crippen molar-refractivity contribution < 1.29 is 38.9 Å². The van der Waals surface area contributed by atoms with Gasteiger partial charge in [0.2, 0.25) is 23.6 Å². The van der Waals surface area contributed by atoms with Crippen molar-refractivity contribution in [3.8, 4) is 0 Å². The number of aliphatic hydroxyl groups is 2. The monoisotopic (exact) mass is 647 g/mol. The number of hydrogen-bond acceptors (Lipinski definition) is 9. The Morgan fingerprint density at radius 3 is 2.02 bits per heavy atom. The molecule has 1 saturated heterocycles. The maximum Gasteiger partial charge on any atom is 0.243 e. The van der Waals surface area contributed by atoms with Crippen molar-refractivity contribution in [2.45, 2.75) is 84.0 Å². The summed E-state index contributed by atoms with van der Waals surface area (Å²) in [5.74, 6) is -2.79. The van der Waals surface area contributed by atoms with E-state index in [9.17, 15) is 34.2 Å². The summed E-state index contributed by atoms with van der Waals surface area (Å²) in [4.78, 5) is 67.3. The lowest BCUT2D eigenvalue weighted by atomic mass is 9.90. The van der Waals surface area contributed by atoms with Crippen LogP contribution in [0.5, 0.6) is 0 Å². The Kier molecular flexibility index (Phi) is 16.3. The van der Waals surface area contributed by atoms with Crippen LogP contribution in [0.15, 0.2) is 30.3 Å². The number of nitrogens with one attached hydrogen (secondary N) is 4. The first kappa shape index (κ1) is 38.8. The highest BCUT2D eigenvalue weighted by molar-refractivity contribution is 5.96. The summed E-state index contributed by atoms with van der Waals surface area (Å²) < 4.78 is 5.35. The molecule has 4 atom stereocenters. The molecule has 0 bridgehead atoms. The molecular formula is C33H53N5O8. The number of rotatable bonds is 19. The lowest BCUT2D eigenvalue weighted by Crippen LogP contribution is -2.57. The van der Waals surface area contributed by atoms with Gasteiger partial charge < -0.3 is 36.2 Å². The molecule has 1 aliphatic heterocycles. The molecule has 1 aromatic rings. The van der Waals surface area contributed by atoms with Crippen molar-refractivity contribution in [2.75, 3.05) is 46.0 Å². The Morgan fingerprint density at radius 1 is 0.848 bits per heavy atom. The van der Waals surface area contributed by atoms with E-state index in [4.69, 9.17) is 4.74 Å². The summed E-state index contributed by atoms with van der Waals surface area (Å²) in [6.45, 7) is 9.81. The van der Waals surface area contributed by atoms with Crippen LogP contribution in [-0.2, 0) is 35.1 Å². The van der Waals surface area contributed by atoms with Gasteiger partial charge in [0.05, 0.1) is 39.0 Å². The number of aliphatic hydroxyl groups excluding tert-OH is 1. The molecule has 1 aromatic carbocycles. The van der Waals surface area contributed by atoms with Gasteiger partial charge in [0.15, 0.2) is 5.78 Å². The van der Waals surface area contributed by atoms with Crippen LogP contribution in [0, 0.1) is 11.8 Å². The molecule has 0 saturated carbocycles. The van der Waals surface area contributed by atoms with E-state index in [-0.39, 0.29) is 37.1 Å². The minimum absolute atomic E-state index is 0.00633. The molecule has 2 rings (SSSR count). The van der Waals surface area contributed by atoms with E-state index in [1.165, 1.54) is 6.92 Å². The third kappa shape index (κ3) is 13.9. The standard InChI is InChI=1S/C33H53N5O8/c1-22(2)17-26(30(42)33(5,45)21-39)36-28(40)19-34-31(43)27(18-23(3)4)37-32(44)25(12-11-24-9-7-6-8-10-24)35-29(41)20-38-13-15-46-16-14-38/h6-10,22-23,25-27,39,45H,11-21H2,1-5H3,(H,34,43)(H,35,41)(H,36,40)(H,37,44)/t25?,26?,27?,33-/m1/s1. The first-order valence-electron chi connectivity index (χ1n) is 16.1. The summed E-state index contributed by atoms with van der Waals surface area (Å²) >= 11 is 0. The SMILES string of the molecule is CC(C)CC(NC(=O)C(CCc1ccccc1)NC(=O)CN1CCOCC1)C(=O)NCC(=O)NC(CC(C)C)C(=O)[C@](C)(O)CO. The van der Waals surface area contributed by atoms with Crippen LogP contribution >= 0.6 is 0 Å². The van der Waals surface area contributed by atoms with Gasteiger partial charge in [-0.15, -0.1) is 0 Å². The molecule has 0 aromatic heterocycles. The smallest absolute Gasteiger partial charge is 0.243 e. The second-order valence-electron chi connectivity index (χ2n) is 13.0. The fraction of sp³-hybridized carbons (Fsp3) is 0.667. The third-order valence-corrected chi connectivity index (χ3v) is 7.65. The minimum Gasteiger partial charge on any atom is -0.393 e. The zero-order valence-corrected chi connectivity index (χ0v) is 27.8. The second kappa shape index (κ2) is 19.3. The van der Waals surface area contributed by atoms with Crippen LogP contribution < -0.4 is 21.3 Å². The van der Waals surface area contributed by atoms with Gasteiger partial charge in [-0.05, 0) is 50.0 Å². The molecule has 0 aliphatic carbocycles. The van der Waals surface area contributed by atoms with Crippen LogP contribution in [-0.4, -0.2) is 114 Å². The van der Waals surface area contributed by atoms with Crippen molar-refractivity contribution >= 4 is 29.4 Å². The van der Waals surface area contributed by atoms with Crippen LogP contribution in [0.25, 0.3) is 0 Å². The molecule has 0 spiro atoms. The summed E-state index contributed by atoms with van der Waals surface area (Å²) in [5, 5.41) is 30.4. The summed E-state index contributed by atoms with van der Waals surface area (Å²) in [6, 6.07) is 6.62. The first-order chi connectivity index (χ1) is 21.7. The molecule has 13 nitrogen and oxygen atoms in total. The predicted octanol–water partition coefficient (Wildman–Crippen LogP) is -0.0734. The van der Waals surface area contributed by atoms with Crippen LogP contribution in [0.2, 0.25) is 0 Å². The van der Waals surface area contributed by atoms with Crippen molar-refractivity contribution in [3.05, 3.63) is 35.9 Å². The zero-order valence-electron chi connectivity index (χ0n) is 27.8. The van der Waals surface area contributed by atoms with Crippen molar-refractivity contribution in [1.82, 2.24) is 26.2 Å². The fourth-order valence-electron chi connectivity index (χ4n) is 5.09. The van der Waals surface area contributed by atoms with E-state index in [0.29, 0.717) is 39.1 Å². The maximum atomic E-state index is 13.6. The molecule has 0 radical (unpaired) electrons. The average molecular weight is 648 g/mol. The van der Waals surface area contributed by atoms with Gasteiger partial charge in [-0.2, -0.15) is 0 Å². The van der Waals surface area contributed by atoms with Crippen LogP contribution in [0.1, 0.15) is 59.4 Å². The Morgan fingerprint density at radius 2 is 1.43 bits per heavy atom. The fourth-order valence-corrected chi connectivity index (χ4v) is 5.09. The second-order valence-corrected chi connectivity index (χ2v) is 13.0. The molecule has 3 unspecified atom stereocenters. The summed E-state index contributed by atoms with van der Waals surface area (Å²) in [6.07, 6.45) is 1.34. The highest BCUT2D eigenvalue weighted by atomic mass is 16.5. The van der Waals surface area contributed by atoms with E-state index in [2.05, 4.69) is 21.3 Å². The largest absolute Gasteiger partial charge is 0.393 e. The Bertz CT molecular complexity index is 1140. The molecule has 1 heterocycles. The molecule has 1 aliphatic rings. The average Bonchev–Trinajstić information content (AvgIpc) is 3.01. The Labute approximate surface area is 272 Å². The normalized spacial score (nSPS) is 17.0. The van der Waals surface area contributed by atoms with Gasteiger partial charge in [-0.25, -0.2) is 0 Å². The topological polar surface area (TPSA) is 186 Å². The lowest BCUT2D eigenvalue weighted by Gasteiger charge is -2.28. The van der Waals surface area contributed by atoms with E-state index >= 15 is 0 Å². The number of Topliss-reactive ketones (excluding diaryl/α,β-unsaturated/α-hetero) is 1. The molecule has 4 amide bonds.